The second-order valence-corrected chi connectivity index (χ2v) is 52.0. The Morgan fingerprint density at radius 2 is 1.02 bits per heavy atom. The van der Waals surface area contributed by atoms with Crippen molar-refractivity contribution in [3.63, 3.8) is 0 Å². The summed E-state index contributed by atoms with van der Waals surface area (Å²) in [4.78, 5) is 42.3. The largest absolute Gasteiger partial charge is 0.478 e. The normalized spacial score (nSPS) is 27.1. The van der Waals surface area contributed by atoms with Crippen LogP contribution in [0.15, 0.2) is 36.5 Å². The number of allylic oxidation sites excluding steroid dienone is 4. The number of ether oxygens (including phenoxy) is 2. The van der Waals surface area contributed by atoms with Gasteiger partial charge in [-0.3, -0.25) is 9.59 Å². The number of hydrogen-bond donors (Lipinski definition) is 2. The fourth-order valence-corrected chi connectivity index (χ4v) is 17.3. The second kappa shape index (κ2) is 30.6. The molecule has 0 saturated carbocycles. The summed E-state index contributed by atoms with van der Waals surface area (Å²) in [7, 11) is -9.35. The maximum atomic E-state index is 15.4. The molecule has 1 spiro atoms. The van der Waals surface area contributed by atoms with E-state index in [2.05, 4.69) is 201 Å². The van der Waals surface area contributed by atoms with E-state index in [9.17, 15) is 15.0 Å². The Kier molecular flexibility index (Phi) is 28.7. The minimum absolute atomic E-state index is 0.00656. The summed E-state index contributed by atoms with van der Waals surface area (Å²) in [5, 5.41) is 21.1. The SMILES string of the molecule is CC[C@@H](/C=C/C=C/C[C@@H](C)[C@H](O[Si](C)(C)C(C)(C)C)[C@H](C)C(=O)[C@@H](C)[C@H](O[Si](C)(C)C(C)(C)C)[C@@H](C)C(=O)[C@@H](C)[C@H](O[Si](C)(C)C(C)(C)C)[C@@H](C)/C=C/C(=O)O)CC[C@@H]1O[C@]2(CC[C@H](C)[C@H](C[C@@H](C)O[Si](C)(C)C(C)(C)C)O2)[C@H](C)[C@H](O)[C@@H]1C. The monoisotopic (exact) mass is 1250 g/mol. The highest BCUT2D eigenvalue weighted by atomic mass is 28.4. The predicted molar refractivity (Wildman–Crippen MR) is 361 cm³/mol. The van der Waals surface area contributed by atoms with Crippen LogP contribution >= 0.6 is 0 Å². The number of ketones is 2. The van der Waals surface area contributed by atoms with Gasteiger partial charge in [-0.1, -0.05) is 183 Å². The Balaban J connectivity index is 2.45. The molecule has 0 amide bonds. The smallest absolute Gasteiger partial charge is 0.327 e. The van der Waals surface area contributed by atoms with Crippen molar-refractivity contribution in [1.29, 1.82) is 0 Å². The molecule has 18 atom stereocenters. The number of aliphatic hydroxyl groups excluding tert-OH is 1. The Morgan fingerprint density at radius 3 is 1.48 bits per heavy atom. The minimum atomic E-state index is -2.56. The summed E-state index contributed by atoms with van der Waals surface area (Å²) in [5.74, 6) is -4.15. The maximum Gasteiger partial charge on any atom is 0.327 e. The van der Waals surface area contributed by atoms with E-state index in [1.165, 1.54) is 0 Å². The van der Waals surface area contributed by atoms with E-state index in [0.717, 1.165) is 44.6 Å². The van der Waals surface area contributed by atoms with Gasteiger partial charge in [0.25, 0.3) is 0 Å². The third-order valence-corrected chi connectivity index (χ3v) is 40.1. The van der Waals surface area contributed by atoms with Crippen LogP contribution in [0.1, 0.15) is 204 Å². The molecule has 2 fully saturated rings. The first kappa shape index (κ1) is 78.7. The number of carbonyl (C=O) groups excluding carboxylic acids is 2. The van der Waals surface area contributed by atoms with Gasteiger partial charge in [-0.25, -0.2) is 4.79 Å². The van der Waals surface area contributed by atoms with Gasteiger partial charge in [-0.05, 0) is 136 Å². The molecule has 490 valence electrons. The van der Waals surface area contributed by atoms with Crippen molar-refractivity contribution in [3.8, 4) is 0 Å². The lowest BCUT2D eigenvalue weighted by atomic mass is 9.75. The number of carbonyl (C=O) groups is 3. The molecule has 2 heterocycles. The second-order valence-electron chi connectivity index (χ2n) is 33.0. The average molecular weight is 1250 g/mol. The number of aliphatic carboxylic acids is 1. The standard InChI is InChI=1S/C69H132O11Si4/c1-32-55(39-40-56-49(6)61(74)54(11)69(75-56)43-42-45(2)57(76-69)44-48(5)77-81(24,25)65(12,13)14)37-35-33-34-36-46(3)62(78-82(26,27)66(15,16)17)50(7)59(72)52(9)64(80-84(30,31)68(21,22)23)53(10)60(73)51(8)63(47(4)38-41-58(70)71)79-83(28,29)67(18,19)20/h33-35,37-38,41,45-57,61-64,74H,32,36,39-40,42-44H2,1-31H3,(H,70,71)/b34-33+,37-35+,41-38+/t45-,46+,47-,48+,49+,50+,51+,52+,53-,54+,55-,56-,57-,61+,62-,63+,64-,69-/m0/s1. The molecule has 2 rings (SSSR count). The Labute approximate surface area is 520 Å². The van der Waals surface area contributed by atoms with E-state index in [0.29, 0.717) is 18.3 Å². The fraction of sp³-hybridized carbons (Fsp3) is 0.870. The highest BCUT2D eigenvalue weighted by Gasteiger charge is 2.55. The number of carboxylic acids is 1. The summed E-state index contributed by atoms with van der Waals surface area (Å²) in [6.45, 7) is 67.3. The zero-order valence-corrected chi connectivity index (χ0v) is 63.8. The molecule has 0 aliphatic carbocycles. The van der Waals surface area contributed by atoms with Crippen LogP contribution in [0, 0.1) is 59.2 Å². The predicted octanol–water partition coefficient (Wildman–Crippen LogP) is 18.4. The lowest BCUT2D eigenvalue weighted by Crippen LogP contribution is -2.61. The number of rotatable bonds is 30. The van der Waals surface area contributed by atoms with Crippen LogP contribution in [0.5, 0.6) is 0 Å². The van der Waals surface area contributed by atoms with Crippen molar-refractivity contribution < 1.29 is 51.8 Å². The van der Waals surface area contributed by atoms with Crippen LogP contribution in [-0.2, 0) is 41.6 Å². The molecular formula is C69H132O11Si4. The molecule has 2 N–H and O–H groups in total. The van der Waals surface area contributed by atoms with E-state index in [-0.39, 0.29) is 79.8 Å². The quantitative estimate of drug-likeness (QED) is 0.0402. The summed E-state index contributed by atoms with van der Waals surface area (Å²) in [6.07, 6.45) is 15.3. The Morgan fingerprint density at radius 1 is 0.607 bits per heavy atom. The first-order chi connectivity index (χ1) is 37.8. The molecule has 0 aromatic carbocycles. The van der Waals surface area contributed by atoms with Crippen molar-refractivity contribution in [2.45, 2.75) is 325 Å². The van der Waals surface area contributed by atoms with Crippen LogP contribution in [-0.4, -0.2) is 110 Å². The number of aliphatic hydroxyl groups is 1. The maximum absolute atomic E-state index is 15.4. The number of Topliss-reactive ketones (excluding diaryl/α,β-unsaturated/α-hetero) is 2. The van der Waals surface area contributed by atoms with Gasteiger partial charge in [0.05, 0.1) is 36.6 Å². The van der Waals surface area contributed by atoms with Crippen LogP contribution < -0.4 is 0 Å². The van der Waals surface area contributed by atoms with Gasteiger partial charge >= 0.3 is 5.97 Å². The van der Waals surface area contributed by atoms with Gasteiger partial charge in [0.1, 0.15) is 11.6 Å². The zero-order valence-electron chi connectivity index (χ0n) is 59.8. The number of carboxylic acid groups (broad SMARTS) is 1. The van der Waals surface area contributed by atoms with Crippen molar-refractivity contribution in [2.75, 3.05) is 0 Å². The highest BCUT2D eigenvalue weighted by molar-refractivity contribution is 6.75. The van der Waals surface area contributed by atoms with Crippen LogP contribution in [0.4, 0.5) is 0 Å². The minimum Gasteiger partial charge on any atom is -0.478 e. The van der Waals surface area contributed by atoms with E-state index in [1.807, 2.05) is 34.6 Å². The van der Waals surface area contributed by atoms with Crippen LogP contribution in [0.2, 0.25) is 72.5 Å². The first-order valence-electron chi connectivity index (χ1n) is 32.9. The van der Waals surface area contributed by atoms with E-state index in [1.54, 1.807) is 6.08 Å². The first-order valence-corrected chi connectivity index (χ1v) is 44.5. The summed E-state index contributed by atoms with van der Waals surface area (Å²) in [6, 6.07) is 0. The van der Waals surface area contributed by atoms with Crippen LogP contribution in [0.3, 0.4) is 0 Å². The fourth-order valence-electron chi connectivity index (χ4n) is 11.5. The third kappa shape index (κ3) is 20.8. The number of hydrogen-bond acceptors (Lipinski definition) is 10. The molecule has 84 heavy (non-hydrogen) atoms. The topological polar surface area (TPSA) is 147 Å². The molecule has 2 saturated heterocycles. The molecule has 0 aromatic heterocycles. The molecule has 0 bridgehead atoms. The lowest BCUT2D eigenvalue weighted by Gasteiger charge is -2.55. The summed E-state index contributed by atoms with van der Waals surface area (Å²) < 4.78 is 42.7. The van der Waals surface area contributed by atoms with Gasteiger partial charge in [-0.2, -0.15) is 0 Å². The Bertz CT molecular complexity index is 2180. The highest BCUT2D eigenvalue weighted by Crippen LogP contribution is 2.49. The summed E-state index contributed by atoms with van der Waals surface area (Å²) >= 11 is 0. The molecule has 11 nitrogen and oxygen atoms in total. The van der Waals surface area contributed by atoms with Gasteiger partial charge in [0.2, 0.25) is 0 Å². The van der Waals surface area contributed by atoms with Gasteiger partial charge in [0.15, 0.2) is 39.1 Å². The van der Waals surface area contributed by atoms with E-state index < -0.39 is 87.0 Å². The van der Waals surface area contributed by atoms with E-state index in [4.69, 9.17) is 27.2 Å². The van der Waals surface area contributed by atoms with E-state index >= 15 is 9.59 Å². The molecule has 15 heteroatoms. The van der Waals surface area contributed by atoms with Crippen molar-refractivity contribution in [3.05, 3.63) is 36.5 Å². The van der Waals surface area contributed by atoms with Gasteiger partial charge in [0, 0.05) is 60.0 Å². The van der Waals surface area contributed by atoms with Gasteiger partial charge < -0.3 is 37.4 Å². The van der Waals surface area contributed by atoms with Gasteiger partial charge in [-0.15, -0.1) is 0 Å². The molecule has 2 aliphatic heterocycles. The molecule has 0 unspecified atom stereocenters. The van der Waals surface area contributed by atoms with Crippen molar-refractivity contribution in [1.82, 2.24) is 0 Å². The average Bonchev–Trinajstić information content (AvgIpc) is 3.56. The third-order valence-electron chi connectivity index (χ3n) is 22.1. The zero-order chi connectivity index (χ0) is 65.5. The molecular weight excluding hydrogens is 1120 g/mol. The summed E-state index contributed by atoms with van der Waals surface area (Å²) in [5.41, 5.74) is 0. The van der Waals surface area contributed by atoms with Crippen molar-refractivity contribution in [2.24, 2.45) is 59.2 Å². The Hall–Kier alpha value is -1.38. The molecule has 0 radical (unpaired) electrons. The lowest BCUT2D eigenvalue weighted by molar-refractivity contribution is -0.371. The van der Waals surface area contributed by atoms with Crippen LogP contribution in [0.25, 0.3) is 0 Å². The molecule has 0 aromatic rings. The van der Waals surface area contributed by atoms with Crippen molar-refractivity contribution >= 4 is 50.8 Å². The molecule has 2 aliphatic rings.